The lowest BCUT2D eigenvalue weighted by atomic mass is 10.6. The molecule has 0 aliphatic carbocycles. The molecular weight excluding hydrogens is 212 g/mol. The Morgan fingerprint density at radius 3 is 2.67 bits per heavy atom. The fourth-order valence-electron chi connectivity index (χ4n) is 0.901. The monoisotopic (exact) mass is 228 g/mol. The topological polar surface area (TPSA) is 59.9 Å². The van der Waals surface area contributed by atoms with Crippen LogP contribution in [0.2, 0.25) is 0 Å². The van der Waals surface area contributed by atoms with E-state index in [1.165, 1.54) is 0 Å². The number of hydrogen-bond donors (Lipinski definition) is 1. The molecule has 1 N–H and O–H groups in total. The summed E-state index contributed by atoms with van der Waals surface area (Å²) in [7, 11) is 1.78. The van der Waals surface area contributed by atoms with Gasteiger partial charge >= 0.3 is 6.01 Å². The van der Waals surface area contributed by atoms with Crippen molar-refractivity contribution in [2.75, 3.05) is 24.7 Å². The molecule has 0 radical (unpaired) electrons. The van der Waals surface area contributed by atoms with E-state index in [2.05, 4.69) is 27.2 Å². The lowest BCUT2D eigenvalue weighted by Gasteiger charge is -2.05. The molecular formula is C9H16N4OS. The molecule has 0 saturated carbocycles. The van der Waals surface area contributed by atoms with Gasteiger partial charge in [0.1, 0.15) is 0 Å². The van der Waals surface area contributed by atoms with E-state index in [4.69, 9.17) is 4.74 Å². The average molecular weight is 228 g/mol. The standard InChI is InChI=1S/C9H16N4OS/c1-4-6-15-9-12-7(10-3)11-8(13-9)14-5-2/h4-6H2,1-3H3,(H,10,11,12,13). The van der Waals surface area contributed by atoms with E-state index in [1.54, 1.807) is 18.8 Å². The largest absolute Gasteiger partial charge is 0.464 e. The van der Waals surface area contributed by atoms with Crippen molar-refractivity contribution in [2.45, 2.75) is 25.4 Å². The molecule has 1 aromatic rings. The van der Waals surface area contributed by atoms with Crippen molar-refractivity contribution < 1.29 is 4.74 Å². The van der Waals surface area contributed by atoms with Gasteiger partial charge < -0.3 is 10.1 Å². The van der Waals surface area contributed by atoms with Gasteiger partial charge in [0.05, 0.1) is 6.61 Å². The second-order valence-electron chi connectivity index (χ2n) is 2.76. The van der Waals surface area contributed by atoms with Crippen LogP contribution in [0.25, 0.3) is 0 Å². The van der Waals surface area contributed by atoms with E-state index in [1.807, 2.05) is 6.92 Å². The highest BCUT2D eigenvalue weighted by atomic mass is 32.2. The van der Waals surface area contributed by atoms with Gasteiger partial charge in [0, 0.05) is 12.8 Å². The Labute approximate surface area is 94.1 Å². The summed E-state index contributed by atoms with van der Waals surface area (Å²) in [5, 5.41) is 3.60. The van der Waals surface area contributed by atoms with Crippen LogP contribution in [0.1, 0.15) is 20.3 Å². The minimum Gasteiger partial charge on any atom is -0.464 e. The molecule has 0 bridgehead atoms. The molecule has 0 aliphatic rings. The molecule has 0 atom stereocenters. The second-order valence-corrected chi connectivity index (χ2v) is 3.82. The van der Waals surface area contributed by atoms with Crippen molar-refractivity contribution in [3.05, 3.63) is 0 Å². The molecule has 84 valence electrons. The summed E-state index contributed by atoms with van der Waals surface area (Å²) in [5.74, 6) is 1.55. The van der Waals surface area contributed by atoms with Crippen LogP contribution in [0, 0.1) is 0 Å². The summed E-state index contributed by atoms with van der Waals surface area (Å²) in [5.41, 5.74) is 0. The molecule has 0 spiro atoms. The number of nitrogens with zero attached hydrogens (tertiary/aromatic N) is 3. The van der Waals surface area contributed by atoms with Crippen LogP contribution in [-0.2, 0) is 0 Å². The Bertz CT molecular complexity index is 308. The van der Waals surface area contributed by atoms with Crippen LogP contribution in [0.3, 0.4) is 0 Å². The van der Waals surface area contributed by atoms with Crippen molar-refractivity contribution in [3.63, 3.8) is 0 Å². The molecule has 15 heavy (non-hydrogen) atoms. The highest BCUT2D eigenvalue weighted by Gasteiger charge is 2.05. The van der Waals surface area contributed by atoms with Gasteiger partial charge in [0.2, 0.25) is 5.95 Å². The molecule has 1 heterocycles. The summed E-state index contributed by atoms with van der Waals surface area (Å²) < 4.78 is 5.25. The summed E-state index contributed by atoms with van der Waals surface area (Å²) in [6, 6.07) is 0.385. The predicted octanol–water partition coefficient (Wildman–Crippen LogP) is 1.81. The first-order valence-electron chi connectivity index (χ1n) is 4.99. The molecule has 6 heteroatoms. The highest BCUT2D eigenvalue weighted by molar-refractivity contribution is 7.99. The quantitative estimate of drug-likeness (QED) is 0.749. The van der Waals surface area contributed by atoms with E-state index < -0.39 is 0 Å². The van der Waals surface area contributed by atoms with Crippen molar-refractivity contribution in [2.24, 2.45) is 0 Å². The van der Waals surface area contributed by atoms with Crippen LogP contribution in [0.15, 0.2) is 5.16 Å². The third-order valence-corrected chi connectivity index (χ3v) is 2.58. The van der Waals surface area contributed by atoms with Crippen LogP contribution in [-0.4, -0.2) is 34.4 Å². The molecule has 0 amide bonds. The minimum atomic E-state index is 0.385. The third-order valence-electron chi connectivity index (χ3n) is 1.53. The smallest absolute Gasteiger partial charge is 0.322 e. The Morgan fingerprint density at radius 1 is 1.27 bits per heavy atom. The molecule has 0 fully saturated rings. The van der Waals surface area contributed by atoms with Gasteiger partial charge in [0.25, 0.3) is 0 Å². The lowest BCUT2D eigenvalue weighted by Crippen LogP contribution is -2.04. The van der Waals surface area contributed by atoms with Gasteiger partial charge in [-0.05, 0) is 13.3 Å². The predicted molar refractivity (Wildman–Crippen MR) is 61.6 cm³/mol. The number of thioether (sulfide) groups is 1. The van der Waals surface area contributed by atoms with Crippen LogP contribution in [0.5, 0.6) is 6.01 Å². The van der Waals surface area contributed by atoms with Crippen LogP contribution >= 0.6 is 11.8 Å². The molecule has 0 aromatic carbocycles. The summed E-state index contributed by atoms with van der Waals surface area (Å²) in [6.45, 7) is 4.59. The Balaban J connectivity index is 2.79. The van der Waals surface area contributed by atoms with Gasteiger partial charge in [-0.3, -0.25) is 0 Å². The number of nitrogens with one attached hydrogen (secondary N) is 1. The SMILES string of the molecule is CCCSc1nc(NC)nc(OCC)n1. The molecule has 0 aliphatic heterocycles. The normalized spacial score (nSPS) is 10.1. The molecule has 1 aromatic heterocycles. The lowest BCUT2D eigenvalue weighted by molar-refractivity contribution is 0.308. The maximum atomic E-state index is 5.25. The number of rotatable bonds is 6. The number of aromatic nitrogens is 3. The summed E-state index contributed by atoms with van der Waals surface area (Å²) in [6.07, 6.45) is 1.09. The fourth-order valence-corrected chi connectivity index (χ4v) is 1.58. The Kier molecular flexibility index (Phi) is 5.17. The zero-order chi connectivity index (χ0) is 11.1. The maximum absolute atomic E-state index is 5.25. The first-order chi connectivity index (χ1) is 7.30. The van der Waals surface area contributed by atoms with Crippen molar-refractivity contribution in [1.29, 1.82) is 0 Å². The van der Waals surface area contributed by atoms with E-state index in [9.17, 15) is 0 Å². The second kappa shape index (κ2) is 6.44. The minimum absolute atomic E-state index is 0.385. The van der Waals surface area contributed by atoms with Gasteiger partial charge in [-0.15, -0.1) is 0 Å². The summed E-state index contributed by atoms with van der Waals surface area (Å²) >= 11 is 1.61. The molecule has 0 saturated heterocycles. The summed E-state index contributed by atoms with van der Waals surface area (Å²) in [4.78, 5) is 12.5. The van der Waals surface area contributed by atoms with E-state index in [0.717, 1.165) is 12.2 Å². The maximum Gasteiger partial charge on any atom is 0.322 e. The van der Waals surface area contributed by atoms with E-state index >= 15 is 0 Å². The van der Waals surface area contributed by atoms with Gasteiger partial charge in [-0.25, -0.2) is 0 Å². The molecule has 1 rings (SSSR count). The van der Waals surface area contributed by atoms with E-state index in [0.29, 0.717) is 23.7 Å². The first-order valence-corrected chi connectivity index (χ1v) is 5.98. The molecule has 5 nitrogen and oxygen atoms in total. The van der Waals surface area contributed by atoms with Crippen LogP contribution in [0.4, 0.5) is 5.95 Å². The van der Waals surface area contributed by atoms with Gasteiger partial charge in [0.15, 0.2) is 5.16 Å². The zero-order valence-corrected chi connectivity index (χ0v) is 10.1. The highest BCUT2D eigenvalue weighted by Crippen LogP contribution is 2.17. The number of anilines is 1. The Morgan fingerprint density at radius 2 is 2.07 bits per heavy atom. The van der Waals surface area contributed by atoms with Gasteiger partial charge in [-0.1, -0.05) is 18.7 Å². The molecule has 0 unspecified atom stereocenters. The average Bonchev–Trinajstić information content (AvgIpc) is 2.26. The zero-order valence-electron chi connectivity index (χ0n) is 9.28. The number of ether oxygens (including phenoxy) is 1. The van der Waals surface area contributed by atoms with Crippen molar-refractivity contribution in [3.8, 4) is 6.01 Å². The van der Waals surface area contributed by atoms with Crippen molar-refractivity contribution in [1.82, 2.24) is 15.0 Å². The fraction of sp³-hybridized carbons (Fsp3) is 0.667. The number of hydrogen-bond acceptors (Lipinski definition) is 6. The first kappa shape index (κ1) is 12.0. The van der Waals surface area contributed by atoms with Gasteiger partial charge in [-0.2, -0.15) is 15.0 Å². The van der Waals surface area contributed by atoms with Crippen molar-refractivity contribution >= 4 is 17.7 Å². The Hall–Kier alpha value is -1.04. The third kappa shape index (κ3) is 3.91. The van der Waals surface area contributed by atoms with Crippen LogP contribution < -0.4 is 10.1 Å². The van der Waals surface area contributed by atoms with E-state index in [-0.39, 0.29) is 0 Å².